The third-order valence-electron chi connectivity index (χ3n) is 5.28. The van der Waals surface area contributed by atoms with Crippen LogP contribution in [0.25, 0.3) is 0 Å². The number of esters is 1. The Kier molecular flexibility index (Phi) is 4.62. The predicted molar refractivity (Wildman–Crippen MR) is 89.1 cm³/mol. The first-order valence-electron chi connectivity index (χ1n) is 8.20. The fraction of sp³-hybridized carbons (Fsp3) is 0.588. The van der Waals surface area contributed by atoms with Crippen LogP contribution in [0.5, 0.6) is 0 Å². The molecular weight excluding hydrogens is 330 g/mol. The number of ether oxygens (including phenoxy) is 1. The van der Waals surface area contributed by atoms with Crippen LogP contribution in [0.2, 0.25) is 0 Å². The van der Waals surface area contributed by atoms with Crippen molar-refractivity contribution in [3.8, 4) is 0 Å². The van der Waals surface area contributed by atoms with Gasteiger partial charge in [0.1, 0.15) is 5.00 Å². The maximum absolute atomic E-state index is 12.8. The Morgan fingerprint density at radius 3 is 2.54 bits per heavy atom. The summed E-state index contributed by atoms with van der Waals surface area (Å²) in [6.45, 7) is 1.97. The van der Waals surface area contributed by atoms with Crippen LogP contribution in [0.1, 0.15) is 41.4 Å². The smallest absolute Gasteiger partial charge is 0.340 e. The van der Waals surface area contributed by atoms with E-state index in [0.717, 1.165) is 30.6 Å². The number of hydrogen-bond donors (Lipinski definition) is 2. The summed E-state index contributed by atoms with van der Waals surface area (Å²) in [7, 11) is 1.30. The van der Waals surface area contributed by atoms with E-state index in [2.05, 4.69) is 5.32 Å². The summed E-state index contributed by atoms with van der Waals surface area (Å²) in [4.78, 5) is 37.2. The standard InChI is InChI=1S/C17H21NO5S/c1-3-10-7-11(17(22)23-2)15(24-10)18-14(19)12-8-4-5-9(6-8)13(12)16(20)21/h7-9,12-13H,3-6H2,1-2H3,(H,18,19)(H,20,21)/t8-,9-,12-,13+/m1/s1. The molecule has 2 fully saturated rings. The van der Waals surface area contributed by atoms with E-state index in [1.807, 2.05) is 6.92 Å². The van der Waals surface area contributed by atoms with E-state index in [4.69, 9.17) is 4.74 Å². The lowest BCUT2D eigenvalue weighted by Gasteiger charge is -2.26. The SMILES string of the molecule is CCc1cc(C(=O)OC)c(NC(=O)[C@@H]2[C@@H]3CC[C@H](C3)[C@@H]2C(=O)O)s1. The van der Waals surface area contributed by atoms with E-state index in [1.165, 1.54) is 18.4 Å². The zero-order valence-electron chi connectivity index (χ0n) is 13.7. The molecule has 6 nitrogen and oxygen atoms in total. The number of aryl methyl sites for hydroxylation is 1. The summed E-state index contributed by atoms with van der Waals surface area (Å²) < 4.78 is 4.77. The molecule has 0 radical (unpaired) electrons. The molecular formula is C17H21NO5S. The lowest BCUT2D eigenvalue weighted by atomic mass is 9.79. The van der Waals surface area contributed by atoms with Crippen molar-refractivity contribution in [3.05, 3.63) is 16.5 Å². The Bertz CT molecular complexity index is 683. The van der Waals surface area contributed by atoms with Gasteiger partial charge in [-0.3, -0.25) is 9.59 Å². The molecule has 2 N–H and O–H groups in total. The van der Waals surface area contributed by atoms with Gasteiger partial charge in [0.15, 0.2) is 0 Å². The average Bonchev–Trinajstić information content (AvgIpc) is 3.27. The van der Waals surface area contributed by atoms with E-state index in [-0.39, 0.29) is 17.7 Å². The van der Waals surface area contributed by atoms with E-state index < -0.39 is 23.8 Å². The maximum atomic E-state index is 12.8. The Labute approximate surface area is 144 Å². The van der Waals surface area contributed by atoms with Gasteiger partial charge in [0.05, 0.1) is 24.5 Å². The first kappa shape index (κ1) is 17.0. The molecule has 0 spiro atoms. The molecule has 1 heterocycles. The summed E-state index contributed by atoms with van der Waals surface area (Å²) in [5.74, 6) is -2.58. The number of aliphatic carboxylic acids is 1. The lowest BCUT2D eigenvalue weighted by Crippen LogP contribution is -2.37. The monoisotopic (exact) mass is 351 g/mol. The minimum Gasteiger partial charge on any atom is -0.481 e. The van der Waals surface area contributed by atoms with Gasteiger partial charge in [-0.25, -0.2) is 4.79 Å². The first-order chi connectivity index (χ1) is 11.5. The Morgan fingerprint density at radius 1 is 1.29 bits per heavy atom. The minimum absolute atomic E-state index is 0.0952. The predicted octanol–water partition coefficient (Wildman–Crippen LogP) is 2.78. The van der Waals surface area contributed by atoms with Gasteiger partial charge in [0.25, 0.3) is 0 Å². The van der Waals surface area contributed by atoms with Crippen LogP contribution in [0, 0.1) is 23.7 Å². The maximum Gasteiger partial charge on any atom is 0.340 e. The van der Waals surface area contributed by atoms with Gasteiger partial charge in [0.2, 0.25) is 5.91 Å². The number of thiophene rings is 1. The Hall–Kier alpha value is -1.89. The molecule has 1 aromatic heterocycles. The number of carboxylic acids is 1. The van der Waals surface area contributed by atoms with Gasteiger partial charge in [0, 0.05) is 4.88 Å². The second-order valence-electron chi connectivity index (χ2n) is 6.51. The Balaban J connectivity index is 1.83. The first-order valence-corrected chi connectivity index (χ1v) is 9.02. The van der Waals surface area contributed by atoms with E-state index in [9.17, 15) is 19.5 Å². The van der Waals surface area contributed by atoms with Crippen molar-refractivity contribution in [2.45, 2.75) is 32.6 Å². The third kappa shape index (κ3) is 2.81. The van der Waals surface area contributed by atoms with Crippen LogP contribution >= 0.6 is 11.3 Å². The second-order valence-corrected chi connectivity index (χ2v) is 7.65. The molecule has 0 aliphatic heterocycles. The molecule has 2 aliphatic rings. The molecule has 2 aliphatic carbocycles. The van der Waals surface area contributed by atoms with Gasteiger partial charge in [-0.15, -0.1) is 11.3 Å². The second kappa shape index (κ2) is 6.55. The molecule has 130 valence electrons. The van der Waals surface area contributed by atoms with Crippen LogP contribution < -0.4 is 5.32 Å². The molecule has 0 saturated heterocycles. The molecule has 1 amide bonds. The summed E-state index contributed by atoms with van der Waals surface area (Å²) in [5.41, 5.74) is 0.336. The van der Waals surface area contributed by atoms with Crippen LogP contribution in [0.3, 0.4) is 0 Å². The van der Waals surface area contributed by atoms with Gasteiger partial charge >= 0.3 is 11.9 Å². The molecule has 1 aromatic rings. The summed E-state index contributed by atoms with van der Waals surface area (Å²) in [6.07, 6.45) is 3.35. The fourth-order valence-electron chi connectivity index (χ4n) is 4.19. The number of carboxylic acid groups (broad SMARTS) is 1. The van der Waals surface area contributed by atoms with Crippen molar-refractivity contribution in [3.63, 3.8) is 0 Å². The molecule has 24 heavy (non-hydrogen) atoms. The molecule has 0 aromatic carbocycles. The molecule has 2 bridgehead atoms. The number of amides is 1. The number of hydrogen-bond acceptors (Lipinski definition) is 5. The van der Waals surface area contributed by atoms with Crippen molar-refractivity contribution < 1.29 is 24.2 Å². The summed E-state index contributed by atoms with van der Waals surface area (Å²) in [5, 5.41) is 12.8. The minimum atomic E-state index is -0.893. The quantitative estimate of drug-likeness (QED) is 0.796. The van der Waals surface area contributed by atoms with Crippen LogP contribution in [-0.4, -0.2) is 30.1 Å². The van der Waals surface area contributed by atoms with E-state index in [1.54, 1.807) is 6.07 Å². The van der Waals surface area contributed by atoms with Crippen LogP contribution in [0.4, 0.5) is 5.00 Å². The zero-order chi connectivity index (χ0) is 17.4. The number of nitrogens with one attached hydrogen (secondary N) is 1. The summed E-state index contributed by atoms with van der Waals surface area (Å²) in [6, 6.07) is 1.72. The number of fused-ring (bicyclic) bond motifs is 2. The van der Waals surface area contributed by atoms with Gasteiger partial charge < -0.3 is 15.2 Å². The highest BCUT2D eigenvalue weighted by molar-refractivity contribution is 7.16. The highest BCUT2D eigenvalue weighted by Crippen LogP contribution is 2.52. The molecule has 7 heteroatoms. The van der Waals surface area contributed by atoms with Crippen molar-refractivity contribution in [1.29, 1.82) is 0 Å². The number of carbonyl (C=O) groups excluding carboxylic acids is 2. The highest BCUT2D eigenvalue weighted by Gasteiger charge is 2.54. The molecule has 3 rings (SSSR count). The third-order valence-corrected chi connectivity index (χ3v) is 6.47. The van der Waals surface area contributed by atoms with Crippen LogP contribution in [-0.2, 0) is 20.7 Å². The van der Waals surface area contributed by atoms with Crippen LogP contribution in [0.15, 0.2) is 6.07 Å². The van der Waals surface area contributed by atoms with Gasteiger partial charge in [-0.1, -0.05) is 6.92 Å². The van der Waals surface area contributed by atoms with E-state index >= 15 is 0 Å². The normalized spacial score (nSPS) is 27.9. The van der Waals surface area contributed by atoms with E-state index in [0.29, 0.717) is 10.6 Å². The Morgan fingerprint density at radius 2 is 1.96 bits per heavy atom. The zero-order valence-corrected chi connectivity index (χ0v) is 14.5. The fourth-order valence-corrected chi connectivity index (χ4v) is 5.18. The van der Waals surface area contributed by atoms with Crippen molar-refractivity contribution >= 4 is 34.2 Å². The van der Waals surface area contributed by atoms with Gasteiger partial charge in [-0.05, 0) is 43.6 Å². The number of rotatable bonds is 5. The molecule has 0 unspecified atom stereocenters. The number of anilines is 1. The lowest BCUT2D eigenvalue weighted by molar-refractivity contribution is -0.148. The molecule has 2 saturated carbocycles. The molecule has 4 atom stereocenters. The number of methoxy groups -OCH3 is 1. The van der Waals surface area contributed by atoms with Gasteiger partial charge in [-0.2, -0.15) is 0 Å². The highest BCUT2D eigenvalue weighted by atomic mass is 32.1. The topological polar surface area (TPSA) is 92.7 Å². The number of carbonyl (C=O) groups is 3. The van der Waals surface area contributed by atoms with Crippen molar-refractivity contribution in [2.75, 3.05) is 12.4 Å². The largest absolute Gasteiger partial charge is 0.481 e. The van der Waals surface area contributed by atoms with Crippen molar-refractivity contribution in [1.82, 2.24) is 0 Å². The average molecular weight is 351 g/mol. The van der Waals surface area contributed by atoms with Crippen molar-refractivity contribution in [2.24, 2.45) is 23.7 Å². The summed E-state index contributed by atoms with van der Waals surface area (Å²) >= 11 is 1.34.